The molecule has 0 aromatic carbocycles. The molecular formula is C20H34S2-2. The van der Waals surface area contributed by atoms with Crippen molar-refractivity contribution in [1.29, 1.82) is 0 Å². The molecule has 2 heteroatoms. The van der Waals surface area contributed by atoms with E-state index in [9.17, 15) is 0 Å². The molecule has 0 nitrogen and oxygen atoms in total. The van der Waals surface area contributed by atoms with Gasteiger partial charge in [0.15, 0.2) is 0 Å². The van der Waals surface area contributed by atoms with Crippen LogP contribution < -0.4 is 0 Å². The molecule has 0 saturated carbocycles. The maximum absolute atomic E-state index is 3.97. The third kappa shape index (κ3) is 8.95. The lowest BCUT2D eigenvalue weighted by Gasteiger charge is -2.19. The topological polar surface area (TPSA) is 0 Å². The zero-order valence-electron chi connectivity index (χ0n) is 14.9. The van der Waals surface area contributed by atoms with Gasteiger partial charge < -0.3 is 27.0 Å². The molecule has 0 aromatic heterocycles. The molecule has 0 fully saturated rings. The van der Waals surface area contributed by atoms with Gasteiger partial charge in [-0.25, -0.2) is 0 Å². The first-order valence-corrected chi connectivity index (χ1v) is 8.02. The molecule has 2 atom stereocenters. The van der Waals surface area contributed by atoms with Crippen molar-refractivity contribution in [2.75, 3.05) is 0 Å². The SMILES string of the molecule is C=C(C)[C@H]1CC=C(C)CC1.C=C(C)[C@H]1CC=C(C)CC1.[SH-].[SH-]. The van der Waals surface area contributed by atoms with Crippen molar-refractivity contribution in [1.82, 2.24) is 0 Å². The highest BCUT2D eigenvalue weighted by Gasteiger charge is 2.12. The Kier molecular flexibility index (Phi) is 13.2. The van der Waals surface area contributed by atoms with Gasteiger partial charge in [-0.1, -0.05) is 47.6 Å². The summed E-state index contributed by atoms with van der Waals surface area (Å²) in [7, 11) is 0. The average molecular weight is 339 g/mol. The molecule has 2 aliphatic rings. The lowest BCUT2D eigenvalue weighted by atomic mass is 9.86. The highest BCUT2D eigenvalue weighted by atomic mass is 32.1. The first kappa shape index (κ1) is 23.9. The quantitative estimate of drug-likeness (QED) is 0.340. The Hall–Kier alpha value is -0.340. The van der Waals surface area contributed by atoms with E-state index in [0.717, 1.165) is 11.8 Å². The molecule has 0 bridgehead atoms. The van der Waals surface area contributed by atoms with E-state index in [-0.39, 0.29) is 27.0 Å². The third-order valence-electron chi connectivity index (χ3n) is 4.67. The molecule has 2 rings (SSSR count). The Morgan fingerprint density at radius 1 is 0.818 bits per heavy atom. The van der Waals surface area contributed by atoms with Crippen LogP contribution in [0.3, 0.4) is 0 Å². The second-order valence-electron chi connectivity index (χ2n) is 6.74. The second-order valence-corrected chi connectivity index (χ2v) is 6.74. The Bertz CT molecular complexity index is 375. The minimum Gasteiger partial charge on any atom is -0.813 e. The standard InChI is InChI=1S/2C10H16.2H2S/c2*1-8(2)10-6-4-9(3)5-7-10;;/h2*4,10H,1,5-7H2,2-3H3;2*1H2/p-2/t2*10-;;/m00../s1. The van der Waals surface area contributed by atoms with E-state index in [2.05, 4.69) is 53.0 Å². The van der Waals surface area contributed by atoms with Crippen LogP contribution in [0.1, 0.15) is 66.2 Å². The second kappa shape index (κ2) is 12.1. The van der Waals surface area contributed by atoms with E-state index in [1.54, 1.807) is 11.1 Å². The average Bonchev–Trinajstić information content (AvgIpc) is 2.40. The lowest BCUT2D eigenvalue weighted by Crippen LogP contribution is -2.04. The van der Waals surface area contributed by atoms with E-state index in [0.29, 0.717) is 0 Å². The van der Waals surface area contributed by atoms with Crippen molar-refractivity contribution in [3.63, 3.8) is 0 Å². The van der Waals surface area contributed by atoms with Crippen LogP contribution in [0.5, 0.6) is 0 Å². The highest BCUT2D eigenvalue weighted by molar-refractivity contribution is 7.37. The van der Waals surface area contributed by atoms with E-state index >= 15 is 0 Å². The summed E-state index contributed by atoms with van der Waals surface area (Å²) in [4.78, 5) is 0. The van der Waals surface area contributed by atoms with Gasteiger partial charge >= 0.3 is 0 Å². The largest absolute Gasteiger partial charge is 0.813 e. The fourth-order valence-corrected chi connectivity index (χ4v) is 2.83. The molecule has 2 aliphatic carbocycles. The Balaban J connectivity index is 0. The number of hydrogen-bond donors (Lipinski definition) is 0. The molecular weight excluding hydrogens is 304 g/mol. The first-order valence-electron chi connectivity index (χ1n) is 8.02. The summed E-state index contributed by atoms with van der Waals surface area (Å²) in [5.74, 6) is 1.53. The van der Waals surface area contributed by atoms with Gasteiger partial charge in [-0.3, -0.25) is 0 Å². The number of rotatable bonds is 2. The van der Waals surface area contributed by atoms with Gasteiger partial charge in [0.05, 0.1) is 0 Å². The maximum Gasteiger partial charge on any atom is -0.0171 e. The minimum absolute atomic E-state index is 0. The molecule has 0 aromatic rings. The molecule has 0 radical (unpaired) electrons. The van der Waals surface area contributed by atoms with E-state index in [1.807, 2.05) is 0 Å². The van der Waals surface area contributed by atoms with E-state index in [1.165, 1.54) is 49.7 Å². The third-order valence-corrected chi connectivity index (χ3v) is 4.67. The molecule has 0 heterocycles. The summed E-state index contributed by atoms with van der Waals surface area (Å²) in [5, 5.41) is 0. The van der Waals surface area contributed by atoms with Crippen LogP contribution in [0.2, 0.25) is 0 Å². The molecule has 128 valence electrons. The molecule has 0 aliphatic heterocycles. The monoisotopic (exact) mass is 338 g/mol. The zero-order valence-corrected chi connectivity index (χ0v) is 16.6. The van der Waals surface area contributed by atoms with Crippen molar-refractivity contribution in [3.05, 3.63) is 47.6 Å². The Labute approximate surface area is 152 Å². The van der Waals surface area contributed by atoms with E-state index in [4.69, 9.17) is 0 Å². The van der Waals surface area contributed by atoms with Crippen molar-refractivity contribution < 1.29 is 0 Å². The normalized spacial score (nSPS) is 23.5. The summed E-state index contributed by atoms with van der Waals surface area (Å²) in [6, 6.07) is 0. The van der Waals surface area contributed by atoms with Crippen LogP contribution in [-0.2, 0) is 27.0 Å². The van der Waals surface area contributed by atoms with Crippen LogP contribution in [0.15, 0.2) is 47.6 Å². The summed E-state index contributed by atoms with van der Waals surface area (Å²) >= 11 is 0. The van der Waals surface area contributed by atoms with Gasteiger partial charge in [0.25, 0.3) is 0 Å². The molecule has 0 unspecified atom stereocenters. The Morgan fingerprint density at radius 2 is 1.14 bits per heavy atom. The van der Waals surface area contributed by atoms with E-state index < -0.39 is 0 Å². The predicted molar refractivity (Wildman–Crippen MR) is 109 cm³/mol. The van der Waals surface area contributed by atoms with Crippen LogP contribution in [0, 0.1) is 11.8 Å². The Morgan fingerprint density at radius 3 is 1.32 bits per heavy atom. The predicted octanol–water partition coefficient (Wildman–Crippen LogP) is 6.08. The van der Waals surface area contributed by atoms with Gasteiger partial charge in [0.2, 0.25) is 0 Å². The minimum atomic E-state index is 0. The van der Waals surface area contributed by atoms with Crippen molar-refractivity contribution in [2.45, 2.75) is 66.2 Å². The van der Waals surface area contributed by atoms with Gasteiger partial charge in [-0.15, -0.1) is 0 Å². The smallest absolute Gasteiger partial charge is 0.0171 e. The fraction of sp³-hybridized carbons (Fsp3) is 0.600. The van der Waals surface area contributed by atoms with Crippen LogP contribution in [0.4, 0.5) is 0 Å². The number of thiol groups is 2. The summed E-state index contributed by atoms with van der Waals surface area (Å²) in [6.45, 7) is 16.7. The first-order chi connectivity index (χ1) is 9.40. The lowest BCUT2D eigenvalue weighted by molar-refractivity contribution is 0.540. The highest BCUT2D eigenvalue weighted by Crippen LogP contribution is 2.28. The molecule has 22 heavy (non-hydrogen) atoms. The van der Waals surface area contributed by atoms with Gasteiger partial charge in [-0.2, -0.15) is 0 Å². The maximum atomic E-state index is 3.97. The molecule has 0 spiro atoms. The molecule has 0 N–H and O–H groups in total. The number of hydrogen-bond acceptors (Lipinski definition) is 2. The van der Waals surface area contributed by atoms with Crippen LogP contribution in [-0.4, -0.2) is 0 Å². The van der Waals surface area contributed by atoms with Crippen molar-refractivity contribution >= 4 is 27.0 Å². The summed E-state index contributed by atoms with van der Waals surface area (Å²) < 4.78 is 0. The van der Waals surface area contributed by atoms with Gasteiger partial charge in [0.1, 0.15) is 0 Å². The molecule has 0 amide bonds. The van der Waals surface area contributed by atoms with Gasteiger partial charge in [0, 0.05) is 0 Å². The fourth-order valence-electron chi connectivity index (χ4n) is 2.83. The van der Waals surface area contributed by atoms with Gasteiger partial charge in [-0.05, 0) is 78.1 Å². The van der Waals surface area contributed by atoms with Crippen molar-refractivity contribution in [3.8, 4) is 0 Å². The molecule has 0 saturated heterocycles. The summed E-state index contributed by atoms with van der Waals surface area (Å²) in [5.41, 5.74) is 5.81. The number of allylic oxidation sites excluding steroid dienone is 6. The summed E-state index contributed by atoms with van der Waals surface area (Å²) in [6.07, 6.45) is 12.3. The van der Waals surface area contributed by atoms with Crippen LogP contribution >= 0.6 is 0 Å². The van der Waals surface area contributed by atoms with Crippen LogP contribution in [0.25, 0.3) is 0 Å². The van der Waals surface area contributed by atoms with Crippen molar-refractivity contribution in [2.24, 2.45) is 11.8 Å². The zero-order chi connectivity index (χ0) is 15.1.